The largest absolute Gasteiger partial charge is 0.491 e. The van der Waals surface area contributed by atoms with E-state index in [0.717, 1.165) is 5.75 Å². The van der Waals surface area contributed by atoms with E-state index in [2.05, 4.69) is 32.0 Å². The monoisotopic (exact) mass is 256 g/mol. The fourth-order valence-electron chi connectivity index (χ4n) is 2.04. The molecule has 0 saturated carbocycles. The van der Waals surface area contributed by atoms with Crippen LogP contribution in [-0.2, 0) is 6.42 Å². The Balaban J connectivity index is 1.90. The van der Waals surface area contributed by atoms with E-state index < -0.39 is 6.10 Å². The summed E-state index contributed by atoms with van der Waals surface area (Å²) in [4.78, 5) is 0. The van der Waals surface area contributed by atoms with Crippen molar-refractivity contribution in [3.63, 3.8) is 0 Å². The molecule has 2 rings (SSSR count). The van der Waals surface area contributed by atoms with Crippen LogP contribution < -0.4 is 4.74 Å². The van der Waals surface area contributed by atoms with Crippen molar-refractivity contribution in [3.05, 3.63) is 65.2 Å². The van der Waals surface area contributed by atoms with Crippen molar-refractivity contribution < 1.29 is 9.84 Å². The molecule has 0 radical (unpaired) electrons. The lowest BCUT2D eigenvalue weighted by Crippen LogP contribution is -2.20. The van der Waals surface area contributed by atoms with Gasteiger partial charge in [-0.2, -0.15) is 0 Å². The van der Waals surface area contributed by atoms with Gasteiger partial charge in [-0.3, -0.25) is 0 Å². The first-order valence-electron chi connectivity index (χ1n) is 6.57. The van der Waals surface area contributed by atoms with Crippen LogP contribution in [0.4, 0.5) is 0 Å². The number of hydrogen-bond donors (Lipinski definition) is 1. The SMILES string of the molecule is Cc1ccc(C)c(CC(O)COc2ccccc2)c1. The smallest absolute Gasteiger partial charge is 0.119 e. The van der Waals surface area contributed by atoms with Crippen LogP contribution in [0.3, 0.4) is 0 Å². The standard InChI is InChI=1S/C17H20O2/c1-13-8-9-14(2)15(10-13)11-16(18)12-19-17-6-4-3-5-7-17/h3-10,16,18H,11-12H2,1-2H3. The minimum absolute atomic E-state index is 0.317. The Morgan fingerprint density at radius 3 is 2.53 bits per heavy atom. The topological polar surface area (TPSA) is 29.5 Å². The number of aliphatic hydroxyl groups excluding tert-OH is 1. The van der Waals surface area contributed by atoms with Crippen LogP contribution in [0.2, 0.25) is 0 Å². The van der Waals surface area contributed by atoms with E-state index in [1.807, 2.05) is 30.3 Å². The Bertz CT molecular complexity index is 520. The molecule has 2 nitrogen and oxygen atoms in total. The molecule has 0 spiro atoms. The summed E-state index contributed by atoms with van der Waals surface area (Å²) >= 11 is 0. The normalized spacial score (nSPS) is 12.2. The number of rotatable bonds is 5. The van der Waals surface area contributed by atoms with E-state index in [-0.39, 0.29) is 0 Å². The molecular formula is C17H20O2. The van der Waals surface area contributed by atoms with Gasteiger partial charge < -0.3 is 9.84 Å². The van der Waals surface area contributed by atoms with Gasteiger partial charge in [0, 0.05) is 6.42 Å². The second kappa shape index (κ2) is 6.39. The first-order valence-corrected chi connectivity index (χ1v) is 6.57. The maximum atomic E-state index is 10.1. The Kier molecular flexibility index (Phi) is 4.58. The van der Waals surface area contributed by atoms with Crippen molar-refractivity contribution in [3.8, 4) is 5.75 Å². The molecule has 19 heavy (non-hydrogen) atoms. The third-order valence-electron chi connectivity index (χ3n) is 3.15. The van der Waals surface area contributed by atoms with Crippen molar-refractivity contribution in [2.75, 3.05) is 6.61 Å². The average molecular weight is 256 g/mol. The zero-order chi connectivity index (χ0) is 13.7. The minimum Gasteiger partial charge on any atom is -0.491 e. The molecule has 0 bridgehead atoms. The Hall–Kier alpha value is -1.80. The van der Waals surface area contributed by atoms with E-state index in [9.17, 15) is 5.11 Å². The highest BCUT2D eigenvalue weighted by molar-refractivity contribution is 5.31. The lowest BCUT2D eigenvalue weighted by molar-refractivity contribution is 0.107. The highest BCUT2D eigenvalue weighted by atomic mass is 16.5. The Morgan fingerprint density at radius 1 is 1.05 bits per heavy atom. The van der Waals surface area contributed by atoms with Crippen molar-refractivity contribution in [2.45, 2.75) is 26.4 Å². The second-order valence-electron chi connectivity index (χ2n) is 4.91. The van der Waals surface area contributed by atoms with Gasteiger partial charge in [-0.15, -0.1) is 0 Å². The van der Waals surface area contributed by atoms with E-state index in [1.54, 1.807) is 0 Å². The van der Waals surface area contributed by atoms with E-state index in [4.69, 9.17) is 4.74 Å². The van der Waals surface area contributed by atoms with Crippen molar-refractivity contribution in [1.29, 1.82) is 0 Å². The van der Waals surface area contributed by atoms with E-state index >= 15 is 0 Å². The Labute approximate surface area is 114 Å². The molecular weight excluding hydrogens is 236 g/mol. The highest BCUT2D eigenvalue weighted by Gasteiger charge is 2.09. The van der Waals surface area contributed by atoms with Gasteiger partial charge in [0.15, 0.2) is 0 Å². The van der Waals surface area contributed by atoms with Crippen molar-refractivity contribution in [1.82, 2.24) is 0 Å². The quantitative estimate of drug-likeness (QED) is 0.889. The van der Waals surface area contributed by atoms with Crippen LogP contribution in [0, 0.1) is 13.8 Å². The summed E-state index contributed by atoms with van der Waals surface area (Å²) in [5.41, 5.74) is 3.62. The van der Waals surface area contributed by atoms with Gasteiger partial charge in [-0.1, -0.05) is 42.0 Å². The van der Waals surface area contributed by atoms with Gasteiger partial charge in [-0.25, -0.2) is 0 Å². The fraction of sp³-hybridized carbons (Fsp3) is 0.294. The van der Waals surface area contributed by atoms with Crippen LogP contribution in [0.5, 0.6) is 5.75 Å². The lowest BCUT2D eigenvalue weighted by atomic mass is 10.0. The number of benzene rings is 2. The molecule has 2 heteroatoms. The number of aryl methyl sites for hydroxylation is 2. The van der Waals surface area contributed by atoms with E-state index in [1.165, 1.54) is 16.7 Å². The molecule has 1 unspecified atom stereocenters. The molecule has 0 aliphatic carbocycles. The van der Waals surface area contributed by atoms with Crippen LogP contribution in [0.25, 0.3) is 0 Å². The van der Waals surface area contributed by atoms with Gasteiger partial charge in [0.1, 0.15) is 12.4 Å². The first-order chi connectivity index (χ1) is 9.15. The summed E-state index contributed by atoms with van der Waals surface area (Å²) in [6.45, 7) is 4.45. The van der Waals surface area contributed by atoms with Crippen molar-refractivity contribution in [2.24, 2.45) is 0 Å². The van der Waals surface area contributed by atoms with E-state index in [0.29, 0.717) is 13.0 Å². The van der Waals surface area contributed by atoms with Gasteiger partial charge in [0.25, 0.3) is 0 Å². The first kappa shape index (κ1) is 13.6. The Morgan fingerprint density at radius 2 is 1.79 bits per heavy atom. The fourth-order valence-corrected chi connectivity index (χ4v) is 2.04. The number of hydrogen-bond acceptors (Lipinski definition) is 2. The van der Waals surface area contributed by atoms with Crippen LogP contribution in [-0.4, -0.2) is 17.8 Å². The molecule has 0 heterocycles. The molecule has 0 aliphatic rings. The van der Waals surface area contributed by atoms with Gasteiger partial charge >= 0.3 is 0 Å². The molecule has 0 fully saturated rings. The maximum absolute atomic E-state index is 10.1. The zero-order valence-corrected chi connectivity index (χ0v) is 11.5. The average Bonchev–Trinajstić information content (AvgIpc) is 2.42. The molecule has 0 saturated heterocycles. The minimum atomic E-state index is -0.485. The summed E-state index contributed by atoms with van der Waals surface area (Å²) in [5, 5.41) is 10.1. The number of ether oxygens (including phenoxy) is 1. The molecule has 0 amide bonds. The lowest BCUT2D eigenvalue weighted by Gasteiger charge is -2.14. The summed E-state index contributed by atoms with van der Waals surface area (Å²) in [7, 11) is 0. The maximum Gasteiger partial charge on any atom is 0.119 e. The summed E-state index contributed by atoms with van der Waals surface area (Å²) in [6.07, 6.45) is 0.140. The van der Waals surface area contributed by atoms with Gasteiger partial charge in [0.2, 0.25) is 0 Å². The molecule has 2 aromatic rings. The van der Waals surface area contributed by atoms with Gasteiger partial charge in [-0.05, 0) is 37.1 Å². The molecule has 0 aliphatic heterocycles. The molecule has 1 atom stereocenters. The third kappa shape index (κ3) is 4.11. The van der Waals surface area contributed by atoms with Gasteiger partial charge in [0.05, 0.1) is 6.10 Å². The molecule has 100 valence electrons. The third-order valence-corrected chi connectivity index (χ3v) is 3.15. The second-order valence-corrected chi connectivity index (χ2v) is 4.91. The van der Waals surface area contributed by atoms with Crippen LogP contribution >= 0.6 is 0 Å². The zero-order valence-electron chi connectivity index (χ0n) is 11.5. The molecule has 0 aromatic heterocycles. The van der Waals surface area contributed by atoms with Crippen LogP contribution in [0.1, 0.15) is 16.7 Å². The summed E-state index contributed by atoms with van der Waals surface area (Å²) in [6, 6.07) is 15.9. The highest BCUT2D eigenvalue weighted by Crippen LogP contribution is 2.14. The number of aliphatic hydroxyl groups is 1. The summed E-state index contributed by atoms with van der Waals surface area (Å²) < 4.78 is 5.56. The molecule has 2 aromatic carbocycles. The predicted octanol–water partition coefficient (Wildman–Crippen LogP) is 3.29. The van der Waals surface area contributed by atoms with Crippen molar-refractivity contribution >= 4 is 0 Å². The molecule has 1 N–H and O–H groups in total. The number of para-hydroxylation sites is 1. The summed E-state index contributed by atoms with van der Waals surface area (Å²) in [5.74, 6) is 0.794. The van der Waals surface area contributed by atoms with Crippen LogP contribution in [0.15, 0.2) is 48.5 Å². The predicted molar refractivity (Wildman–Crippen MR) is 77.6 cm³/mol.